The van der Waals surface area contributed by atoms with Crippen molar-refractivity contribution in [1.82, 2.24) is 5.32 Å². The van der Waals surface area contributed by atoms with Crippen LogP contribution in [0.5, 0.6) is 0 Å². The molecule has 0 aromatic carbocycles. The van der Waals surface area contributed by atoms with Crippen LogP contribution < -0.4 is 5.32 Å². The van der Waals surface area contributed by atoms with Crippen molar-refractivity contribution < 1.29 is 0 Å². The minimum atomic E-state index is 0.643. The molecule has 1 N–H and O–H groups in total. The minimum Gasteiger partial charge on any atom is -0.367 e. The summed E-state index contributed by atoms with van der Waals surface area (Å²) in [5.74, 6) is 2.40. The first-order valence-electron chi connectivity index (χ1n) is 3.25. The predicted octanol–water partition coefficient (Wildman–Crippen LogP) is 1.73. The van der Waals surface area contributed by atoms with Gasteiger partial charge in [-0.15, -0.1) is 0 Å². The van der Waals surface area contributed by atoms with Crippen LogP contribution in [0.25, 0.3) is 0 Å². The van der Waals surface area contributed by atoms with Gasteiger partial charge in [-0.05, 0) is 18.4 Å². The van der Waals surface area contributed by atoms with Crippen LogP contribution in [0.4, 0.5) is 0 Å². The Kier molecular flexibility index (Phi) is 3.88. The third-order valence-corrected chi connectivity index (χ3v) is 3.47. The number of rotatable bonds is 3. The molecule has 58 valence electrons. The predicted molar refractivity (Wildman–Crippen MR) is 55.0 cm³/mol. The van der Waals surface area contributed by atoms with Crippen LogP contribution in [0.1, 0.15) is 6.42 Å². The summed E-state index contributed by atoms with van der Waals surface area (Å²) in [4.78, 5) is 0. The average molecular weight is 193 g/mol. The van der Waals surface area contributed by atoms with E-state index in [1.54, 1.807) is 11.8 Å². The fourth-order valence-corrected chi connectivity index (χ4v) is 2.59. The standard InChI is InChI=1S/C6H11NS3/c1-9-3-2-5-4-10-6(8)7-5/h5H,2-4H2,1H3,(H,7,8)/t5-/m0/s1. The van der Waals surface area contributed by atoms with Crippen LogP contribution in [0.15, 0.2) is 0 Å². The summed E-state index contributed by atoms with van der Waals surface area (Å²) < 4.78 is 0.978. The maximum atomic E-state index is 4.99. The molecule has 0 amide bonds. The SMILES string of the molecule is CSCC[C@H]1CSC(=S)N1. The van der Waals surface area contributed by atoms with Crippen molar-refractivity contribution in [3.8, 4) is 0 Å². The van der Waals surface area contributed by atoms with Gasteiger partial charge < -0.3 is 5.32 Å². The molecule has 10 heavy (non-hydrogen) atoms. The molecule has 0 saturated carbocycles. The molecular weight excluding hydrogens is 182 g/mol. The van der Waals surface area contributed by atoms with E-state index >= 15 is 0 Å². The lowest BCUT2D eigenvalue weighted by molar-refractivity contribution is 0.678. The van der Waals surface area contributed by atoms with Crippen LogP contribution in [0.3, 0.4) is 0 Å². The highest BCUT2D eigenvalue weighted by Crippen LogP contribution is 2.16. The minimum absolute atomic E-state index is 0.643. The molecule has 1 atom stereocenters. The first-order valence-corrected chi connectivity index (χ1v) is 6.04. The molecule has 0 spiro atoms. The monoisotopic (exact) mass is 193 g/mol. The average Bonchev–Trinajstić information content (AvgIpc) is 2.31. The second-order valence-electron chi connectivity index (χ2n) is 2.22. The molecule has 1 saturated heterocycles. The Bertz CT molecular complexity index is 126. The van der Waals surface area contributed by atoms with E-state index in [4.69, 9.17) is 12.2 Å². The molecule has 0 radical (unpaired) electrons. The molecule has 0 bridgehead atoms. The van der Waals surface area contributed by atoms with Gasteiger partial charge in [0.05, 0.1) is 0 Å². The van der Waals surface area contributed by atoms with E-state index in [0.717, 1.165) is 4.32 Å². The van der Waals surface area contributed by atoms with E-state index in [1.807, 2.05) is 11.8 Å². The van der Waals surface area contributed by atoms with E-state index in [9.17, 15) is 0 Å². The largest absolute Gasteiger partial charge is 0.367 e. The summed E-state index contributed by atoms with van der Waals surface area (Å²) in [6.45, 7) is 0. The van der Waals surface area contributed by atoms with E-state index in [2.05, 4.69) is 11.6 Å². The number of hydrogen-bond donors (Lipinski definition) is 1. The molecule has 1 aliphatic heterocycles. The summed E-state index contributed by atoms with van der Waals surface area (Å²) in [6, 6.07) is 0.643. The van der Waals surface area contributed by atoms with Crippen LogP contribution >= 0.6 is 35.7 Å². The second kappa shape index (κ2) is 4.46. The van der Waals surface area contributed by atoms with Gasteiger partial charge in [-0.25, -0.2) is 0 Å². The van der Waals surface area contributed by atoms with Gasteiger partial charge >= 0.3 is 0 Å². The Morgan fingerprint density at radius 3 is 3.20 bits per heavy atom. The zero-order valence-electron chi connectivity index (χ0n) is 5.92. The highest BCUT2D eigenvalue weighted by atomic mass is 32.2. The number of thiocarbonyl (C=S) groups is 1. The normalized spacial score (nSPS) is 24.9. The smallest absolute Gasteiger partial charge is 0.134 e. The van der Waals surface area contributed by atoms with Crippen molar-refractivity contribution in [2.24, 2.45) is 0 Å². The molecule has 1 aliphatic rings. The molecule has 0 aliphatic carbocycles. The maximum Gasteiger partial charge on any atom is 0.134 e. The molecule has 1 nitrogen and oxygen atoms in total. The van der Waals surface area contributed by atoms with Crippen molar-refractivity contribution in [1.29, 1.82) is 0 Å². The second-order valence-corrected chi connectivity index (χ2v) is 4.90. The Hall–Kier alpha value is 0.590. The van der Waals surface area contributed by atoms with Crippen molar-refractivity contribution >= 4 is 40.1 Å². The lowest BCUT2D eigenvalue weighted by Gasteiger charge is -2.06. The van der Waals surface area contributed by atoms with Gasteiger partial charge in [0.2, 0.25) is 0 Å². The first-order chi connectivity index (χ1) is 4.83. The molecule has 4 heteroatoms. The summed E-state index contributed by atoms with van der Waals surface area (Å²) in [7, 11) is 0. The summed E-state index contributed by atoms with van der Waals surface area (Å²) >= 11 is 8.66. The van der Waals surface area contributed by atoms with E-state index in [-0.39, 0.29) is 0 Å². The summed E-state index contributed by atoms with van der Waals surface area (Å²) in [5, 5.41) is 3.27. The summed E-state index contributed by atoms with van der Waals surface area (Å²) in [5.41, 5.74) is 0. The molecule has 0 aromatic heterocycles. The van der Waals surface area contributed by atoms with Crippen LogP contribution in [0.2, 0.25) is 0 Å². The van der Waals surface area contributed by atoms with Gasteiger partial charge in [-0.2, -0.15) is 11.8 Å². The molecule has 1 rings (SSSR count). The molecule has 0 unspecified atom stereocenters. The van der Waals surface area contributed by atoms with E-state index in [1.165, 1.54) is 17.9 Å². The Morgan fingerprint density at radius 2 is 2.70 bits per heavy atom. The molecule has 1 fully saturated rings. The quantitative estimate of drug-likeness (QED) is 0.685. The van der Waals surface area contributed by atoms with E-state index < -0.39 is 0 Å². The number of hydrogen-bond acceptors (Lipinski definition) is 3. The van der Waals surface area contributed by atoms with Gasteiger partial charge in [0.25, 0.3) is 0 Å². The Labute approximate surface area is 75.7 Å². The number of thioether (sulfide) groups is 2. The van der Waals surface area contributed by atoms with Crippen LogP contribution in [-0.4, -0.2) is 28.1 Å². The van der Waals surface area contributed by atoms with Crippen molar-refractivity contribution in [3.05, 3.63) is 0 Å². The van der Waals surface area contributed by atoms with Gasteiger partial charge in [0.15, 0.2) is 0 Å². The fourth-order valence-electron chi connectivity index (χ4n) is 0.842. The molecule has 0 aromatic rings. The zero-order valence-corrected chi connectivity index (χ0v) is 8.37. The van der Waals surface area contributed by atoms with Crippen LogP contribution in [0, 0.1) is 0 Å². The van der Waals surface area contributed by atoms with Crippen molar-refractivity contribution in [3.63, 3.8) is 0 Å². The lowest BCUT2D eigenvalue weighted by Crippen LogP contribution is -2.26. The van der Waals surface area contributed by atoms with Gasteiger partial charge in [-0.3, -0.25) is 0 Å². The zero-order chi connectivity index (χ0) is 7.40. The third-order valence-electron chi connectivity index (χ3n) is 1.41. The summed E-state index contributed by atoms with van der Waals surface area (Å²) in [6.07, 6.45) is 3.38. The molecule has 1 heterocycles. The third kappa shape index (κ3) is 2.68. The highest BCUT2D eigenvalue weighted by Gasteiger charge is 2.17. The fraction of sp³-hybridized carbons (Fsp3) is 0.833. The van der Waals surface area contributed by atoms with E-state index in [0.29, 0.717) is 6.04 Å². The van der Waals surface area contributed by atoms with Crippen LogP contribution in [-0.2, 0) is 0 Å². The first kappa shape index (κ1) is 8.68. The lowest BCUT2D eigenvalue weighted by atomic mass is 10.3. The maximum absolute atomic E-state index is 4.99. The van der Waals surface area contributed by atoms with Gasteiger partial charge in [0, 0.05) is 11.8 Å². The molecular formula is C6H11NS3. The van der Waals surface area contributed by atoms with Gasteiger partial charge in [0.1, 0.15) is 4.32 Å². The topological polar surface area (TPSA) is 12.0 Å². The van der Waals surface area contributed by atoms with Gasteiger partial charge in [-0.1, -0.05) is 24.0 Å². The van der Waals surface area contributed by atoms with Crippen molar-refractivity contribution in [2.75, 3.05) is 17.8 Å². The highest BCUT2D eigenvalue weighted by molar-refractivity contribution is 8.23. The van der Waals surface area contributed by atoms with Crippen molar-refractivity contribution in [2.45, 2.75) is 12.5 Å². The Balaban J connectivity index is 2.12. The number of nitrogens with one attached hydrogen (secondary N) is 1. The Morgan fingerprint density at radius 1 is 1.90 bits per heavy atom.